The number of fused-ring (bicyclic) bond motifs is 1. The number of amides is 3. The third-order valence-electron chi connectivity index (χ3n) is 8.40. The Hall–Kier alpha value is -4.21. The van der Waals surface area contributed by atoms with Gasteiger partial charge in [0.05, 0.1) is 7.11 Å². The highest BCUT2D eigenvalue weighted by molar-refractivity contribution is 6.05. The third kappa shape index (κ3) is 6.17. The molecule has 3 aliphatic rings. The van der Waals surface area contributed by atoms with Gasteiger partial charge in [-0.1, -0.05) is 42.5 Å². The van der Waals surface area contributed by atoms with Crippen molar-refractivity contribution in [2.75, 3.05) is 20.2 Å². The van der Waals surface area contributed by atoms with Crippen molar-refractivity contribution in [3.8, 4) is 11.5 Å². The Morgan fingerprint density at radius 2 is 1.71 bits per heavy atom. The zero-order valence-electron chi connectivity index (χ0n) is 23.8. The number of hydrogen-bond donors (Lipinski definition) is 2. The average Bonchev–Trinajstić information content (AvgIpc) is 3.32. The molecule has 3 aromatic rings. The Bertz CT molecular complexity index is 1440. The molecule has 9 heteroatoms. The van der Waals surface area contributed by atoms with Crippen LogP contribution in [0, 0.1) is 0 Å². The highest BCUT2D eigenvalue weighted by Crippen LogP contribution is 2.31. The molecule has 0 aromatic heterocycles. The van der Waals surface area contributed by atoms with Crippen LogP contribution in [0.4, 0.5) is 0 Å². The number of nitrogens with zero attached hydrogens (tertiary/aromatic N) is 2. The van der Waals surface area contributed by atoms with Gasteiger partial charge in [0.25, 0.3) is 5.91 Å². The number of piperidine rings is 2. The van der Waals surface area contributed by atoms with Gasteiger partial charge in [-0.05, 0) is 59.9 Å². The summed E-state index contributed by atoms with van der Waals surface area (Å²) in [5.74, 6) is 0.664. The summed E-state index contributed by atoms with van der Waals surface area (Å²) < 4.78 is 12.0. The molecule has 0 aliphatic carbocycles. The highest BCUT2D eigenvalue weighted by atomic mass is 16.5. The lowest BCUT2D eigenvalue weighted by Gasteiger charge is -2.39. The van der Waals surface area contributed by atoms with E-state index in [4.69, 9.17) is 9.47 Å². The zero-order valence-corrected chi connectivity index (χ0v) is 23.8. The Kier molecular flexibility index (Phi) is 8.21. The van der Waals surface area contributed by atoms with Gasteiger partial charge in [-0.25, -0.2) is 0 Å². The number of rotatable bonds is 9. The molecule has 6 rings (SSSR count). The minimum atomic E-state index is -0.636. The number of likely N-dealkylation sites (tertiary alicyclic amines) is 1. The van der Waals surface area contributed by atoms with E-state index in [1.807, 2.05) is 42.5 Å². The van der Waals surface area contributed by atoms with Crippen molar-refractivity contribution in [2.24, 2.45) is 0 Å². The summed E-state index contributed by atoms with van der Waals surface area (Å²) in [5.41, 5.74) is 3.86. The van der Waals surface area contributed by atoms with E-state index in [-0.39, 0.29) is 30.4 Å². The molecule has 3 aromatic carbocycles. The Labute approximate surface area is 245 Å². The number of nitrogens with one attached hydrogen (secondary N) is 2. The van der Waals surface area contributed by atoms with E-state index in [9.17, 15) is 14.4 Å². The van der Waals surface area contributed by atoms with E-state index in [0.29, 0.717) is 24.3 Å². The maximum absolute atomic E-state index is 13.1. The molecule has 42 heavy (non-hydrogen) atoms. The number of methoxy groups -OCH3 is 1. The Balaban J connectivity index is 1.16. The molecule has 3 atom stereocenters. The van der Waals surface area contributed by atoms with Crippen LogP contribution < -0.4 is 20.1 Å². The quantitative estimate of drug-likeness (QED) is 0.382. The van der Waals surface area contributed by atoms with Crippen LogP contribution in [0.25, 0.3) is 0 Å². The first-order valence-corrected chi connectivity index (χ1v) is 14.5. The van der Waals surface area contributed by atoms with Crippen LogP contribution >= 0.6 is 0 Å². The first-order valence-electron chi connectivity index (χ1n) is 14.5. The van der Waals surface area contributed by atoms with Crippen molar-refractivity contribution < 1.29 is 23.9 Å². The van der Waals surface area contributed by atoms with Gasteiger partial charge < -0.3 is 19.7 Å². The van der Waals surface area contributed by atoms with Crippen LogP contribution in [0.3, 0.4) is 0 Å². The van der Waals surface area contributed by atoms with Crippen LogP contribution in [0.2, 0.25) is 0 Å². The van der Waals surface area contributed by atoms with Gasteiger partial charge in [0.1, 0.15) is 23.6 Å². The molecule has 9 nitrogen and oxygen atoms in total. The van der Waals surface area contributed by atoms with Crippen LogP contribution in [0.5, 0.6) is 11.5 Å². The lowest BCUT2D eigenvalue weighted by atomic mass is 10.00. The fourth-order valence-electron chi connectivity index (χ4n) is 6.11. The first-order chi connectivity index (χ1) is 20.5. The minimum absolute atomic E-state index is 0.109. The van der Waals surface area contributed by atoms with Gasteiger partial charge in [-0.15, -0.1) is 0 Å². The second-order valence-electron chi connectivity index (χ2n) is 11.2. The molecule has 3 heterocycles. The van der Waals surface area contributed by atoms with Crippen molar-refractivity contribution in [3.63, 3.8) is 0 Å². The molecule has 0 radical (unpaired) electrons. The Morgan fingerprint density at radius 3 is 2.48 bits per heavy atom. The van der Waals surface area contributed by atoms with Crippen molar-refractivity contribution in [3.05, 3.63) is 95.1 Å². The van der Waals surface area contributed by atoms with Gasteiger partial charge >= 0.3 is 0 Å². The number of carbonyl (C=O) groups is 3. The van der Waals surface area contributed by atoms with E-state index in [1.165, 1.54) is 11.1 Å². The monoisotopic (exact) mass is 568 g/mol. The number of ether oxygens (including phenoxy) is 2. The largest absolute Gasteiger partial charge is 0.497 e. The minimum Gasteiger partial charge on any atom is -0.497 e. The summed E-state index contributed by atoms with van der Waals surface area (Å²) in [6, 6.07) is 23.6. The van der Waals surface area contributed by atoms with Crippen LogP contribution in [-0.4, -0.2) is 65.9 Å². The molecular formula is C33H36N4O5. The molecule has 218 valence electrons. The summed E-state index contributed by atoms with van der Waals surface area (Å²) in [6.07, 6.45) is 1.40. The van der Waals surface area contributed by atoms with E-state index in [0.717, 1.165) is 43.9 Å². The normalized spacial score (nSPS) is 22.5. The molecule has 3 aliphatic heterocycles. The van der Waals surface area contributed by atoms with Gasteiger partial charge in [-0.2, -0.15) is 0 Å². The molecule has 0 spiro atoms. The maximum atomic E-state index is 13.1. The standard InChI is InChI=1S/C33H36N4O5/c1-41-25-9-7-23(8-10-25)19-36-16-15-28(34-18-22-5-3-2-4-6-22)30(21-36)42-26-11-12-27-24(17-26)20-37(33(27)40)29-13-14-31(38)35-32(29)39/h2-12,17,28-30,34H,13-16,18-21H2,1H3,(H,35,38,39)/t28-,29?,30-/m1/s1. The molecule has 2 N–H and O–H groups in total. The molecule has 3 amide bonds. The van der Waals surface area contributed by atoms with Crippen molar-refractivity contribution >= 4 is 17.7 Å². The predicted octanol–water partition coefficient (Wildman–Crippen LogP) is 3.27. The third-order valence-corrected chi connectivity index (χ3v) is 8.40. The van der Waals surface area contributed by atoms with Crippen LogP contribution in [0.15, 0.2) is 72.8 Å². The van der Waals surface area contributed by atoms with Crippen molar-refractivity contribution in [1.82, 2.24) is 20.4 Å². The second-order valence-corrected chi connectivity index (χ2v) is 11.2. The SMILES string of the molecule is COc1ccc(CN2CC[C@@H](NCc3ccccc3)[C@H](Oc3ccc4c(c3)CN(C3CCC(=O)NC3=O)C4=O)C2)cc1. The number of imide groups is 1. The summed E-state index contributed by atoms with van der Waals surface area (Å²) in [7, 11) is 1.67. The summed E-state index contributed by atoms with van der Waals surface area (Å²) in [5, 5.41) is 6.08. The van der Waals surface area contributed by atoms with E-state index in [2.05, 4.69) is 39.8 Å². The van der Waals surface area contributed by atoms with Gasteiger partial charge in [-0.3, -0.25) is 24.6 Å². The lowest BCUT2D eigenvalue weighted by molar-refractivity contribution is -0.136. The molecule has 0 saturated carbocycles. The average molecular weight is 569 g/mol. The fraction of sp³-hybridized carbons (Fsp3) is 0.364. The van der Waals surface area contributed by atoms with Gasteiger partial charge in [0, 0.05) is 50.7 Å². The number of hydrogen-bond acceptors (Lipinski definition) is 7. The number of benzene rings is 3. The number of carbonyl (C=O) groups excluding carboxylic acids is 3. The van der Waals surface area contributed by atoms with Crippen molar-refractivity contribution in [1.29, 1.82) is 0 Å². The van der Waals surface area contributed by atoms with Gasteiger partial charge in [0.15, 0.2) is 0 Å². The van der Waals surface area contributed by atoms with E-state index >= 15 is 0 Å². The lowest BCUT2D eigenvalue weighted by Crippen LogP contribution is -2.54. The predicted molar refractivity (Wildman–Crippen MR) is 157 cm³/mol. The van der Waals surface area contributed by atoms with E-state index in [1.54, 1.807) is 18.1 Å². The highest BCUT2D eigenvalue weighted by Gasteiger charge is 2.39. The smallest absolute Gasteiger partial charge is 0.255 e. The van der Waals surface area contributed by atoms with E-state index < -0.39 is 11.9 Å². The summed E-state index contributed by atoms with van der Waals surface area (Å²) in [6.45, 7) is 3.58. The molecule has 2 saturated heterocycles. The first kappa shape index (κ1) is 27.9. The summed E-state index contributed by atoms with van der Waals surface area (Å²) >= 11 is 0. The van der Waals surface area contributed by atoms with Crippen molar-refractivity contribution in [2.45, 2.75) is 57.1 Å². The molecule has 1 unspecified atom stereocenters. The Morgan fingerprint density at radius 1 is 0.929 bits per heavy atom. The second kappa shape index (κ2) is 12.3. The van der Waals surface area contributed by atoms with Gasteiger partial charge in [0.2, 0.25) is 11.8 Å². The topological polar surface area (TPSA) is 100 Å². The fourth-order valence-corrected chi connectivity index (χ4v) is 6.11. The maximum Gasteiger partial charge on any atom is 0.255 e. The molecule has 0 bridgehead atoms. The van der Waals surface area contributed by atoms with Crippen LogP contribution in [-0.2, 0) is 29.2 Å². The molecule has 2 fully saturated rings. The van der Waals surface area contributed by atoms with Crippen LogP contribution in [0.1, 0.15) is 46.3 Å². The molecular weight excluding hydrogens is 532 g/mol. The zero-order chi connectivity index (χ0) is 29.1. The summed E-state index contributed by atoms with van der Waals surface area (Å²) in [4.78, 5) is 41.2.